The number of carbonyl (C=O) groups excluding carboxylic acids is 2. The van der Waals surface area contributed by atoms with Crippen LogP contribution >= 0.6 is 0 Å². The number of nitrogens with one attached hydrogen (secondary N) is 1. The summed E-state index contributed by atoms with van der Waals surface area (Å²) in [7, 11) is 1.62. The first-order valence-electron chi connectivity index (χ1n) is 4.44. The van der Waals surface area contributed by atoms with E-state index in [-0.39, 0.29) is 5.91 Å². The number of rotatable bonds is 5. The van der Waals surface area contributed by atoms with Gasteiger partial charge in [0.2, 0.25) is 5.91 Å². The van der Waals surface area contributed by atoms with Gasteiger partial charge in [-0.1, -0.05) is 0 Å². The molecule has 0 bridgehead atoms. The summed E-state index contributed by atoms with van der Waals surface area (Å²) in [5, 5.41) is 2.55. The SMILES string of the molecule is CNC(=O)CCCn1cnc(C=O)c1. The number of aromatic nitrogens is 2. The van der Waals surface area contributed by atoms with E-state index in [1.807, 2.05) is 0 Å². The van der Waals surface area contributed by atoms with Crippen molar-refractivity contribution < 1.29 is 9.59 Å². The smallest absolute Gasteiger partial charge is 0.219 e. The Balaban J connectivity index is 2.31. The number of hydrogen-bond donors (Lipinski definition) is 1. The Morgan fingerprint density at radius 3 is 3.07 bits per heavy atom. The van der Waals surface area contributed by atoms with E-state index in [1.165, 1.54) is 0 Å². The molecule has 1 aromatic rings. The predicted octanol–water partition coefficient (Wildman–Crippen LogP) is 0.222. The molecular weight excluding hydrogens is 182 g/mol. The Kier molecular flexibility index (Phi) is 3.84. The summed E-state index contributed by atoms with van der Waals surface area (Å²) in [4.78, 5) is 25.0. The molecular formula is C9H13N3O2. The summed E-state index contributed by atoms with van der Waals surface area (Å²) in [6, 6.07) is 0. The molecule has 0 atom stereocenters. The second kappa shape index (κ2) is 5.16. The lowest BCUT2D eigenvalue weighted by Gasteiger charge is -2.00. The van der Waals surface area contributed by atoms with Gasteiger partial charge >= 0.3 is 0 Å². The number of hydrogen-bond acceptors (Lipinski definition) is 3. The van der Waals surface area contributed by atoms with E-state index in [2.05, 4.69) is 10.3 Å². The monoisotopic (exact) mass is 195 g/mol. The van der Waals surface area contributed by atoms with Crippen molar-refractivity contribution in [1.82, 2.24) is 14.9 Å². The van der Waals surface area contributed by atoms with Crippen molar-refractivity contribution in [1.29, 1.82) is 0 Å². The van der Waals surface area contributed by atoms with Gasteiger partial charge in [-0.25, -0.2) is 4.98 Å². The van der Waals surface area contributed by atoms with Crippen LogP contribution in [-0.4, -0.2) is 28.8 Å². The van der Waals surface area contributed by atoms with E-state index in [0.29, 0.717) is 24.9 Å². The van der Waals surface area contributed by atoms with Crippen LogP contribution in [0.1, 0.15) is 23.3 Å². The number of nitrogens with zero attached hydrogens (tertiary/aromatic N) is 2. The molecule has 0 radical (unpaired) electrons. The lowest BCUT2D eigenvalue weighted by molar-refractivity contribution is -0.120. The van der Waals surface area contributed by atoms with Crippen molar-refractivity contribution in [3.8, 4) is 0 Å². The summed E-state index contributed by atoms with van der Waals surface area (Å²) in [5.41, 5.74) is 0.421. The Bertz CT molecular complexity index is 320. The Morgan fingerprint density at radius 2 is 2.50 bits per heavy atom. The summed E-state index contributed by atoms with van der Waals surface area (Å²) in [5.74, 6) is 0.0285. The minimum Gasteiger partial charge on any atom is -0.359 e. The quantitative estimate of drug-likeness (QED) is 0.684. The van der Waals surface area contributed by atoms with Crippen molar-refractivity contribution in [2.24, 2.45) is 0 Å². The average Bonchev–Trinajstić information content (AvgIpc) is 2.65. The second-order valence-electron chi connectivity index (χ2n) is 2.93. The number of imidazole rings is 1. The van der Waals surface area contributed by atoms with Gasteiger partial charge < -0.3 is 9.88 Å². The summed E-state index contributed by atoms with van der Waals surface area (Å²) >= 11 is 0. The van der Waals surface area contributed by atoms with E-state index in [0.717, 1.165) is 6.42 Å². The van der Waals surface area contributed by atoms with Gasteiger partial charge in [0.1, 0.15) is 5.69 Å². The first-order chi connectivity index (χ1) is 6.76. The molecule has 1 N–H and O–H groups in total. The van der Waals surface area contributed by atoms with Crippen molar-refractivity contribution in [3.63, 3.8) is 0 Å². The molecule has 0 aliphatic carbocycles. The van der Waals surface area contributed by atoms with Gasteiger partial charge in [0.05, 0.1) is 6.33 Å². The van der Waals surface area contributed by atoms with Crippen molar-refractivity contribution in [2.75, 3.05) is 7.05 Å². The van der Waals surface area contributed by atoms with Crippen LogP contribution in [0.4, 0.5) is 0 Å². The fourth-order valence-electron chi connectivity index (χ4n) is 1.11. The van der Waals surface area contributed by atoms with E-state index in [1.54, 1.807) is 24.1 Å². The van der Waals surface area contributed by atoms with E-state index >= 15 is 0 Å². The van der Waals surface area contributed by atoms with Gasteiger partial charge in [-0.05, 0) is 6.42 Å². The van der Waals surface area contributed by atoms with Crippen LogP contribution in [0, 0.1) is 0 Å². The molecule has 0 aliphatic rings. The maximum Gasteiger partial charge on any atom is 0.219 e. The largest absolute Gasteiger partial charge is 0.359 e. The van der Waals surface area contributed by atoms with Crippen LogP contribution in [0.3, 0.4) is 0 Å². The standard InChI is InChI=1S/C9H13N3O2/c1-10-9(14)3-2-4-12-5-8(6-13)11-7-12/h5-7H,2-4H2,1H3,(H,10,14). The van der Waals surface area contributed by atoms with Gasteiger partial charge in [-0.2, -0.15) is 0 Å². The van der Waals surface area contributed by atoms with Crippen LogP contribution in [0.2, 0.25) is 0 Å². The molecule has 5 nitrogen and oxygen atoms in total. The molecule has 0 aliphatic heterocycles. The molecule has 0 fully saturated rings. The maximum absolute atomic E-state index is 10.9. The molecule has 0 saturated heterocycles. The normalized spacial score (nSPS) is 9.79. The molecule has 0 spiro atoms. The molecule has 76 valence electrons. The van der Waals surface area contributed by atoms with E-state index in [9.17, 15) is 9.59 Å². The van der Waals surface area contributed by atoms with Gasteiger partial charge in [0.25, 0.3) is 0 Å². The lowest BCUT2D eigenvalue weighted by atomic mass is 10.3. The van der Waals surface area contributed by atoms with Crippen LogP contribution in [0.25, 0.3) is 0 Å². The highest BCUT2D eigenvalue weighted by molar-refractivity contribution is 5.75. The van der Waals surface area contributed by atoms with Crippen LogP contribution in [0.5, 0.6) is 0 Å². The number of aldehydes is 1. The molecule has 1 aromatic heterocycles. The molecule has 14 heavy (non-hydrogen) atoms. The first kappa shape index (κ1) is 10.4. The zero-order chi connectivity index (χ0) is 10.4. The van der Waals surface area contributed by atoms with E-state index in [4.69, 9.17) is 0 Å². The minimum atomic E-state index is 0.0285. The minimum absolute atomic E-state index is 0.0285. The van der Waals surface area contributed by atoms with E-state index < -0.39 is 0 Å². The second-order valence-corrected chi connectivity index (χ2v) is 2.93. The average molecular weight is 195 g/mol. The molecule has 1 rings (SSSR count). The number of aryl methyl sites for hydroxylation is 1. The fourth-order valence-corrected chi connectivity index (χ4v) is 1.11. The Morgan fingerprint density at radius 1 is 1.71 bits per heavy atom. The van der Waals surface area contributed by atoms with Gasteiger partial charge in [-0.3, -0.25) is 9.59 Å². The molecule has 0 saturated carbocycles. The lowest BCUT2D eigenvalue weighted by Crippen LogP contribution is -2.17. The fraction of sp³-hybridized carbons (Fsp3) is 0.444. The molecule has 5 heteroatoms. The molecule has 1 heterocycles. The molecule has 1 amide bonds. The predicted molar refractivity (Wildman–Crippen MR) is 50.9 cm³/mol. The summed E-state index contributed by atoms with van der Waals surface area (Å²) < 4.78 is 1.80. The molecule has 0 aromatic carbocycles. The van der Waals surface area contributed by atoms with Crippen molar-refractivity contribution >= 4 is 12.2 Å². The molecule has 0 unspecified atom stereocenters. The van der Waals surface area contributed by atoms with Crippen LogP contribution in [0.15, 0.2) is 12.5 Å². The highest BCUT2D eigenvalue weighted by atomic mass is 16.1. The van der Waals surface area contributed by atoms with Crippen molar-refractivity contribution in [3.05, 3.63) is 18.2 Å². The van der Waals surface area contributed by atoms with Gasteiger partial charge in [-0.15, -0.1) is 0 Å². The number of carbonyl (C=O) groups is 2. The third-order valence-electron chi connectivity index (χ3n) is 1.87. The first-order valence-corrected chi connectivity index (χ1v) is 4.44. The zero-order valence-electron chi connectivity index (χ0n) is 8.06. The van der Waals surface area contributed by atoms with Crippen molar-refractivity contribution in [2.45, 2.75) is 19.4 Å². The van der Waals surface area contributed by atoms with Crippen LogP contribution < -0.4 is 5.32 Å². The van der Waals surface area contributed by atoms with Gasteiger partial charge in [0.15, 0.2) is 6.29 Å². The Hall–Kier alpha value is -1.65. The van der Waals surface area contributed by atoms with Crippen LogP contribution in [-0.2, 0) is 11.3 Å². The third-order valence-corrected chi connectivity index (χ3v) is 1.87. The topological polar surface area (TPSA) is 64.0 Å². The third kappa shape index (κ3) is 3.01. The summed E-state index contributed by atoms with van der Waals surface area (Å²) in [6.07, 6.45) is 5.19. The highest BCUT2D eigenvalue weighted by Crippen LogP contribution is 1.97. The number of amides is 1. The van der Waals surface area contributed by atoms with Gasteiger partial charge in [0, 0.05) is 26.2 Å². The maximum atomic E-state index is 10.9. The Labute approximate surface area is 82.1 Å². The summed E-state index contributed by atoms with van der Waals surface area (Å²) in [6.45, 7) is 0.703. The zero-order valence-corrected chi connectivity index (χ0v) is 8.06. The highest BCUT2D eigenvalue weighted by Gasteiger charge is 1.99.